The van der Waals surface area contributed by atoms with Crippen LogP contribution in [-0.2, 0) is 14.8 Å². The lowest BCUT2D eigenvalue weighted by atomic mass is 10.2. The topological polar surface area (TPSA) is 101 Å². The number of carbonyl (C=O) groups excluding carboxylic acids is 1. The molecule has 148 valence electrons. The van der Waals surface area contributed by atoms with Gasteiger partial charge in [-0.15, -0.1) is 22.0 Å². The van der Waals surface area contributed by atoms with Gasteiger partial charge in [0.1, 0.15) is 0 Å². The Balaban J connectivity index is 2.27. The molecule has 0 unspecified atom stereocenters. The maximum atomic E-state index is 12.7. The summed E-state index contributed by atoms with van der Waals surface area (Å²) in [5.74, 6) is -0.386. The zero-order valence-electron chi connectivity index (χ0n) is 15.6. The molecule has 27 heavy (non-hydrogen) atoms. The minimum Gasteiger partial charge on any atom is -0.325 e. The normalized spacial score (nSPS) is 11.8. The average Bonchev–Trinajstić information content (AvgIpc) is 2.99. The number of amides is 1. The molecule has 0 bridgehead atoms. The molecule has 2 rings (SSSR count). The summed E-state index contributed by atoms with van der Waals surface area (Å²) in [6.07, 6.45) is 1.86. The van der Waals surface area contributed by atoms with E-state index in [9.17, 15) is 13.2 Å². The Morgan fingerprint density at radius 2 is 1.89 bits per heavy atom. The van der Waals surface area contributed by atoms with Crippen molar-refractivity contribution in [3.8, 4) is 0 Å². The third kappa shape index (κ3) is 6.09. The van der Waals surface area contributed by atoms with Gasteiger partial charge in [-0.1, -0.05) is 50.8 Å². The number of hydrogen-bond acceptors (Lipinski definition) is 8. The van der Waals surface area contributed by atoms with Crippen molar-refractivity contribution in [2.75, 3.05) is 16.3 Å². The average molecular weight is 447 g/mol. The monoisotopic (exact) mass is 446 g/mol. The highest BCUT2D eigenvalue weighted by Gasteiger charge is 2.20. The van der Waals surface area contributed by atoms with Gasteiger partial charge in [0.25, 0.3) is 10.0 Å². The Kier molecular flexibility index (Phi) is 7.55. The standard InChI is InChI=1S/C16H22N4O3S4/c1-9(2)14(21)17-12-8-11(6-7-13(12)24-5)27(22,23)20-15-18-19-16(26-15)25-10(3)4/h6-10H,1-5H3,(H,17,21)(H,18,20). The highest BCUT2D eigenvalue weighted by molar-refractivity contribution is 8.01. The third-order valence-corrected chi connectivity index (χ3v) is 7.42. The largest absolute Gasteiger partial charge is 0.325 e. The number of anilines is 2. The predicted molar refractivity (Wildman–Crippen MR) is 113 cm³/mol. The lowest BCUT2D eigenvalue weighted by molar-refractivity contribution is -0.118. The van der Waals surface area contributed by atoms with E-state index in [4.69, 9.17) is 0 Å². The number of rotatable bonds is 8. The molecular formula is C16H22N4O3S4. The van der Waals surface area contributed by atoms with Gasteiger partial charge in [0.2, 0.25) is 11.0 Å². The van der Waals surface area contributed by atoms with E-state index in [0.717, 1.165) is 4.90 Å². The Labute approximate surface area is 172 Å². The van der Waals surface area contributed by atoms with Crippen molar-refractivity contribution in [2.24, 2.45) is 5.92 Å². The van der Waals surface area contributed by atoms with Crippen LogP contribution in [0.15, 0.2) is 32.3 Å². The number of aromatic nitrogens is 2. The number of hydrogen-bond donors (Lipinski definition) is 2. The quantitative estimate of drug-likeness (QED) is 0.587. The van der Waals surface area contributed by atoms with Crippen LogP contribution in [0.5, 0.6) is 0 Å². The minimum atomic E-state index is -3.84. The van der Waals surface area contributed by atoms with E-state index in [1.54, 1.807) is 19.9 Å². The van der Waals surface area contributed by atoms with E-state index in [1.807, 2.05) is 20.1 Å². The predicted octanol–water partition coefficient (Wildman–Crippen LogP) is 4.16. The summed E-state index contributed by atoms with van der Waals surface area (Å²) in [6, 6.07) is 4.64. The Morgan fingerprint density at radius 1 is 1.19 bits per heavy atom. The number of nitrogens with one attached hydrogen (secondary N) is 2. The zero-order chi connectivity index (χ0) is 20.2. The fraction of sp³-hybridized carbons (Fsp3) is 0.438. The molecule has 0 saturated carbocycles. The first-order valence-corrected chi connectivity index (χ1v) is 12.5. The van der Waals surface area contributed by atoms with E-state index in [1.165, 1.54) is 47.0 Å². The maximum absolute atomic E-state index is 12.7. The van der Waals surface area contributed by atoms with Crippen LogP contribution < -0.4 is 10.0 Å². The molecule has 0 spiro atoms. The second kappa shape index (κ2) is 9.26. The maximum Gasteiger partial charge on any atom is 0.263 e. The number of carbonyl (C=O) groups is 1. The summed E-state index contributed by atoms with van der Waals surface area (Å²) in [5.41, 5.74) is 0.470. The van der Waals surface area contributed by atoms with Gasteiger partial charge in [0.15, 0.2) is 4.34 Å². The number of sulfonamides is 1. The van der Waals surface area contributed by atoms with Crippen LogP contribution in [0.2, 0.25) is 0 Å². The van der Waals surface area contributed by atoms with E-state index in [2.05, 4.69) is 20.2 Å². The van der Waals surface area contributed by atoms with Gasteiger partial charge < -0.3 is 5.32 Å². The van der Waals surface area contributed by atoms with Crippen molar-refractivity contribution in [3.63, 3.8) is 0 Å². The number of benzene rings is 1. The summed E-state index contributed by atoms with van der Waals surface area (Å²) >= 11 is 4.13. The molecule has 7 nitrogen and oxygen atoms in total. The Bertz CT molecular complexity index is 910. The van der Waals surface area contributed by atoms with Gasteiger partial charge in [-0.05, 0) is 24.5 Å². The van der Waals surface area contributed by atoms with Gasteiger partial charge >= 0.3 is 0 Å². The second-order valence-electron chi connectivity index (χ2n) is 6.15. The van der Waals surface area contributed by atoms with Crippen LogP contribution in [0.25, 0.3) is 0 Å². The molecule has 0 aliphatic rings. The van der Waals surface area contributed by atoms with Crippen molar-refractivity contribution in [1.82, 2.24) is 10.2 Å². The molecule has 0 saturated heterocycles. The molecule has 11 heteroatoms. The summed E-state index contributed by atoms with van der Waals surface area (Å²) in [6.45, 7) is 7.60. The fourth-order valence-electron chi connectivity index (χ4n) is 1.90. The SMILES string of the molecule is CSc1ccc(S(=O)(=O)Nc2nnc(SC(C)C)s2)cc1NC(=O)C(C)C. The number of nitrogens with zero attached hydrogens (tertiary/aromatic N) is 2. The summed E-state index contributed by atoms with van der Waals surface area (Å²) in [4.78, 5) is 12.9. The molecule has 2 N–H and O–H groups in total. The van der Waals surface area contributed by atoms with Crippen molar-refractivity contribution >= 4 is 61.6 Å². The first kappa shape index (κ1) is 22.0. The molecule has 1 aromatic carbocycles. The van der Waals surface area contributed by atoms with Crippen LogP contribution in [-0.4, -0.2) is 36.0 Å². The lowest BCUT2D eigenvalue weighted by Gasteiger charge is -2.13. The molecule has 2 aromatic rings. The van der Waals surface area contributed by atoms with Gasteiger partial charge in [-0.3, -0.25) is 9.52 Å². The van der Waals surface area contributed by atoms with Crippen LogP contribution >= 0.6 is 34.9 Å². The van der Waals surface area contributed by atoms with E-state index in [0.29, 0.717) is 15.3 Å². The Hall–Kier alpha value is -1.30. The molecule has 0 fully saturated rings. The highest BCUT2D eigenvalue weighted by atomic mass is 32.2. The smallest absolute Gasteiger partial charge is 0.263 e. The van der Waals surface area contributed by atoms with Gasteiger partial charge in [-0.2, -0.15) is 0 Å². The minimum absolute atomic E-state index is 0.0487. The van der Waals surface area contributed by atoms with Crippen molar-refractivity contribution in [1.29, 1.82) is 0 Å². The van der Waals surface area contributed by atoms with E-state index < -0.39 is 10.0 Å². The van der Waals surface area contributed by atoms with Crippen LogP contribution in [0.1, 0.15) is 27.7 Å². The number of thioether (sulfide) groups is 2. The first-order chi connectivity index (χ1) is 12.6. The molecule has 0 atom stereocenters. The summed E-state index contributed by atoms with van der Waals surface area (Å²) in [7, 11) is -3.84. The van der Waals surface area contributed by atoms with Gasteiger partial charge in [0.05, 0.1) is 10.6 Å². The molecule has 1 amide bonds. The molecule has 0 aliphatic heterocycles. The fourth-order valence-corrected chi connectivity index (χ4v) is 5.67. The van der Waals surface area contributed by atoms with Crippen LogP contribution in [0.3, 0.4) is 0 Å². The Morgan fingerprint density at radius 3 is 2.48 bits per heavy atom. The van der Waals surface area contributed by atoms with Crippen LogP contribution in [0.4, 0.5) is 10.8 Å². The molecule has 0 aliphatic carbocycles. The molecule has 1 aromatic heterocycles. The van der Waals surface area contributed by atoms with Crippen LogP contribution in [0, 0.1) is 5.92 Å². The summed E-state index contributed by atoms with van der Waals surface area (Å²) < 4.78 is 28.6. The zero-order valence-corrected chi connectivity index (χ0v) is 18.9. The lowest BCUT2D eigenvalue weighted by Crippen LogP contribution is -2.19. The van der Waals surface area contributed by atoms with Crippen molar-refractivity contribution < 1.29 is 13.2 Å². The second-order valence-corrected chi connectivity index (χ2v) is 11.5. The third-order valence-electron chi connectivity index (χ3n) is 3.23. The molecule has 0 radical (unpaired) electrons. The van der Waals surface area contributed by atoms with Gasteiger partial charge in [-0.25, -0.2) is 8.42 Å². The first-order valence-electron chi connectivity index (χ1n) is 8.14. The summed E-state index contributed by atoms with van der Waals surface area (Å²) in [5, 5.41) is 11.2. The van der Waals surface area contributed by atoms with Crippen molar-refractivity contribution in [2.45, 2.75) is 47.1 Å². The van der Waals surface area contributed by atoms with Crippen molar-refractivity contribution in [3.05, 3.63) is 18.2 Å². The van der Waals surface area contributed by atoms with Gasteiger partial charge in [0, 0.05) is 16.1 Å². The highest BCUT2D eigenvalue weighted by Crippen LogP contribution is 2.32. The van der Waals surface area contributed by atoms with E-state index >= 15 is 0 Å². The molecular weight excluding hydrogens is 424 g/mol. The molecule has 1 heterocycles. The van der Waals surface area contributed by atoms with E-state index in [-0.39, 0.29) is 21.9 Å².